The van der Waals surface area contributed by atoms with E-state index in [9.17, 15) is 13.2 Å². The van der Waals surface area contributed by atoms with Crippen molar-refractivity contribution < 1.29 is 13.2 Å². The number of hydrogen-bond donors (Lipinski definition) is 1. The molecule has 1 amide bonds. The van der Waals surface area contributed by atoms with Crippen LogP contribution in [0.2, 0.25) is 0 Å². The standard InChI is InChI=1S/C15H22N2O3S/c1-3-12-17(21(2,19)20)13-15(18)16-11-7-10-14-8-5-4-6-9-14/h3-6,8-9H,1,7,10-13H2,2H3,(H,16,18). The molecule has 0 saturated carbocycles. The molecule has 0 aromatic heterocycles. The van der Waals surface area contributed by atoms with Gasteiger partial charge in [-0.1, -0.05) is 36.4 Å². The molecule has 0 aliphatic heterocycles. The maximum Gasteiger partial charge on any atom is 0.235 e. The number of carbonyl (C=O) groups excluding carboxylic acids is 1. The molecule has 6 heteroatoms. The molecule has 1 aromatic rings. The minimum atomic E-state index is -3.39. The Labute approximate surface area is 126 Å². The van der Waals surface area contributed by atoms with Crippen LogP contribution < -0.4 is 5.32 Å². The number of hydrogen-bond acceptors (Lipinski definition) is 3. The summed E-state index contributed by atoms with van der Waals surface area (Å²) in [6.07, 6.45) is 4.24. The molecule has 5 nitrogen and oxygen atoms in total. The Kier molecular flexibility index (Phi) is 7.11. The van der Waals surface area contributed by atoms with Crippen LogP contribution >= 0.6 is 0 Å². The predicted octanol–water partition coefficient (Wildman–Crippen LogP) is 1.18. The molecule has 1 rings (SSSR count). The molecule has 0 aliphatic carbocycles. The van der Waals surface area contributed by atoms with E-state index in [1.54, 1.807) is 0 Å². The van der Waals surface area contributed by atoms with E-state index in [1.807, 2.05) is 30.3 Å². The second kappa shape index (κ2) is 8.59. The number of amides is 1. The highest BCUT2D eigenvalue weighted by molar-refractivity contribution is 7.88. The van der Waals surface area contributed by atoms with E-state index >= 15 is 0 Å². The molecule has 0 radical (unpaired) electrons. The lowest BCUT2D eigenvalue weighted by Gasteiger charge is -2.17. The molecular formula is C15H22N2O3S. The van der Waals surface area contributed by atoms with E-state index in [4.69, 9.17) is 0 Å². The van der Waals surface area contributed by atoms with Crippen molar-refractivity contribution in [2.45, 2.75) is 12.8 Å². The van der Waals surface area contributed by atoms with Crippen molar-refractivity contribution in [2.24, 2.45) is 0 Å². The summed E-state index contributed by atoms with van der Waals surface area (Å²) in [6.45, 7) is 3.98. The van der Waals surface area contributed by atoms with Gasteiger partial charge < -0.3 is 5.32 Å². The summed E-state index contributed by atoms with van der Waals surface area (Å²) in [5.41, 5.74) is 1.22. The van der Waals surface area contributed by atoms with Gasteiger partial charge >= 0.3 is 0 Å². The number of nitrogens with one attached hydrogen (secondary N) is 1. The van der Waals surface area contributed by atoms with Crippen LogP contribution in [0.5, 0.6) is 0 Å². The van der Waals surface area contributed by atoms with Crippen LogP contribution in [0.1, 0.15) is 12.0 Å². The third kappa shape index (κ3) is 7.06. The predicted molar refractivity (Wildman–Crippen MR) is 84.4 cm³/mol. The second-order valence-corrected chi connectivity index (χ2v) is 6.77. The fourth-order valence-corrected chi connectivity index (χ4v) is 2.57. The van der Waals surface area contributed by atoms with Crippen molar-refractivity contribution >= 4 is 15.9 Å². The molecule has 0 bridgehead atoms. The van der Waals surface area contributed by atoms with Gasteiger partial charge in [0.05, 0.1) is 12.8 Å². The van der Waals surface area contributed by atoms with Crippen molar-refractivity contribution in [3.63, 3.8) is 0 Å². The number of carbonyl (C=O) groups is 1. The summed E-state index contributed by atoms with van der Waals surface area (Å²) >= 11 is 0. The molecule has 0 unspecified atom stereocenters. The Hall–Kier alpha value is -1.66. The van der Waals surface area contributed by atoms with Crippen LogP contribution in [0.4, 0.5) is 0 Å². The first-order valence-electron chi connectivity index (χ1n) is 6.80. The maximum atomic E-state index is 11.7. The molecule has 0 heterocycles. The van der Waals surface area contributed by atoms with Gasteiger partial charge in [-0.15, -0.1) is 6.58 Å². The van der Waals surface area contributed by atoms with Crippen molar-refractivity contribution in [2.75, 3.05) is 25.9 Å². The molecule has 0 atom stereocenters. The van der Waals surface area contributed by atoms with Crippen LogP contribution in [0.15, 0.2) is 43.0 Å². The summed E-state index contributed by atoms with van der Waals surface area (Å²) in [5.74, 6) is -0.296. The highest BCUT2D eigenvalue weighted by atomic mass is 32.2. The van der Waals surface area contributed by atoms with Gasteiger partial charge in [0.2, 0.25) is 15.9 Å². The SMILES string of the molecule is C=CCN(CC(=O)NCCCc1ccccc1)S(C)(=O)=O. The Balaban J connectivity index is 2.31. The molecule has 1 aromatic carbocycles. The minimum Gasteiger partial charge on any atom is -0.355 e. The molecule has 0 spiro atoms. The Morgan fingerprint density at radius 2 is 2.00 bits per heavy atom. The lowest BCUT2D eigenvalue weighted by molar-refractivity contribution is -0.121. The van der Waals surface area contributed by atoms with E-state index < -0.39 is 10.0 Å². The van der Waals surface area contributed by atoms with Crippen molar-refractivity contribution in [3.05, 3.63) is 48.6 Å². The van der Waals surface area contributed by atoms with Gasteiger partial charge in [0.1, 0.15) is 0 Å². The van der Waals surface area contributed by atoms with Gasteiger partial charge in [-0.25, -0.2) is 8.42 Å². The van der Waals surface area contributed by atoms with Gasteiger partial charge in [0, 0.05) is 13.1 Å². The largest absolute Gasteiger partial charge is 0.355 e. The van der Waals surface area contributed by atoms with Gasteiger partial charge in [-0.05, 0) is 18.4 Å². The van der Waals surface area contributed by atoms with Crippen molar-refractivity contribution in [3.8, 4) is 0 Å². The zero-order valence-corrected chi connectivity index (χ0v) is 13.1. The Morgan fingerprint density at radius 3 is 2.57 bits per heavy atom. The monoisotopic (exact) mass is 310 g/mol. The lowest BCUT2D eigenvalue weighted by Crippen LogP contribution is -2.40. The summed E-state index contributed by atoms with van der Waals surface area (Å²) in [6, 6.07) is 10.00. The molecular weight excluding hydrogens is 288 g/mol. The van der Waals surface area contributed by atoms with Gasteiger partial charge in [0.25, 0.3) is 0 Å². The number of rotatable bonds is 9. The minimum absolute atomic E-state index is 0.135. The van der Waals surface area contributed by atoms with Crippen molar-refractivity contribution in [1.82, 2.24) is 9.62 Å². The quantitative estimate of drug-likeness (QED) is 0.550. The van der Waals surface area contributed by atoms with E-state index in [-0.39, 0.29) is 19.0 Å². The topological polar surface area (TPSA) is 66.5 Å². The maximum absolute atomic E-state index is 11.7. The summed E-state index contributed by atoms with van der Waals surface area (Å²) in [4.78, 5) is 11.7. The lowest BCUT2D eigenvalue weighted by atomic mass is 10.1. The zero-order valence-electron chi connectivity index (χ0n) is 12.3. The average Bonchev–Trinajstić information content (AvgIpc) is 2.43. The van der Waals surface area contributed by atoms with Gasteiger partial charge in [0.15, 0.2) is 0 Å². The van der Waals surface area contributed by atoms with E-state index in [2.05, 4.69) is 11.9 Å². The van der Waals surface area contributed by atoms with Crippen LogP contribution in [0.25, 0.3) is 0 Å². The van der Waals surface area contributed by atoms with Crippen LogP contribution in [-0.2, 0) is 21.2 Å². The molecule has 116 valence electrons. The van der Waals surface area contributed by atoms with Gasteiger partial charge in [-0.2, -0.15) is 4.31 Å². The van der Waals surface area contributed by atoms with Crippen LogP contribution in [0, 0.1) is 0 Å². The first kappa shape index (κ1) is 17.4. The molecule has 0 saturated heterocycles. The highest BCUT2D eigenvalue weighted by Crippen LogP contribution is 2.01. The van der Waals surface area contributed by atoms with Crippen LogP contribution in [0.3, 0.4) is 0 Å². The highest BCUT2D eigenvalue weighted by Gasteiger charge is 2.18. The third-order valence-corrected chi connectivity index (χ3v) is 4.15. The molecule has 21 heavy (non-hydrogen) atoms. The Morgan fingerprint density at radius 1 is 1.33 bits per heavy atom. The van der Waals surface area contributed by atoms with Gasteiger partial charge in [-0.3, -0.25) is 4.79 Å². The number of benzene rings is 1. The number of aryl methyl sites for hydroxylation is 1. The smallest absolute Gasteiger partial charge is 0.235 e. The summed E-state index contributed by atoms with van der Waals surface area (Å²) < 4.78 is 24.0. The summed E-state index contributed by atoms with van der Waals surface area (Å²) in [7, 11) is -3.39. The first-order chi connectivity index (χ1) is 9.93. The normalized spacial score (nSPS) is 11.3. The molecule has 1 N–H and O–H groups in total. The molecule has 0 aliphatic rings. The summed E-state index contributed by atoms with van der Waals surface area (Å²) in [5, 5.41) is 2.73. The fraction of sp³-hybridized carbons (Fsp3) is 0.400. The Bertz CT molecular complexity index is 556. The van der Waals surface area contributed by atoms with E-state index in [0.29, 0.717) is 6.54 Å². The van der Waals surface area contributed by atoms with Crippen molar-refractivity contribution in [1.29, 1.82) is 0 Å². The second-order valence-electron chi connectivity index (χ2n) is 4.78. The third-order valence-electron chi connectivity index (χ3n) is 2.93. The van der Waals surface area contributed by atoms with E-state index in [0.717, 1.165) is 23.4 Å². The number of nitrogens with zero attached hydrogens (tertiary/aromatic N) is 1. The van der Waals surface area contributed by atoms with E-state index in [1.165, 1.54) is 11.6 Å². The molecule has 0 fully saturated rings. The fourth-order valence-electron chi connectivity index (χ4n) is 1.84. The number of sulfonamides is 1. The zero-order chi connectivity index (χ0) is 15.7. The average molecular weight is 310 g/mol. The first-order valence-corrected chi connectivity index (χ1v) is 8.65. The van der Waals surface area contributed by atoms with Crippen LogP contribution in [-0.4, -0.2) is 44.5 Å².